The third-order valence-corrected chi connectivity index (χ3v) is 3.81. The Hall–Kier alpha value is -2.77. The van der Waals surface area contributed by atoms with Crippen molar-refractivity contribution in [2.24, 2.45) is 0 Å². The van der Waals surface area contributed by atoms with E-state index in [4.69, 9.17) is 0 Å². The molecule has 1 saturated heterocycles. The Morgan fingerprint density at radius 1 is 1.00 bits per heavy atom. The van der Waals surface area contributed by atoms with Crippen LogP contribution < -0.4 is 9.80 Å². The Morgan fingerprint density at radius 3 is 2.64 bits per heavy atom. The van der Waals surface area contributed by atoms with Crippen LogP contribution in [0, 0.1) is 5.95 Å². The van der Waals surface area contributed by atoms with Crippen molar-refractivity contribution in [2.45, 2.75) is 0 Å². The lowest BCUT2D eigenvalue weighted by molar-refractivity contribution is 0.574. The third kappa shape index (κ3) is 2.22. The van der Waals surface area contributed by atoms with E-state index in [1.807, 2.05) is 6.07 Å². The van der Waals surface area contributed by atoms with E-state index in [1.165, 1.54) is 12.4 Å². The average Bonchev–Trinajstić information content (AvgIpc) is 3.04. The fraction of sp³-hybridized carbons (Fsp3) is 0.286. The molecule has 4 rings (SSSR count). The SMILES string of the molecule is Fc1cccc(N2CCN(c3ncnc4nc[nH]c34)CC2)n1. The zero-order valence-corrected chi connectivity index (χ0v) is 11.8. The molecule has 0 bridgehead atoms. The van der Waals surface area contributed by atoms with Crippen molar-refractivity contribution >= 4 is 22.8 Å². The van der Waals surface area contributed by atoms with E-state index in [1.54, 1.807) is 12.4 Å². The maximum atomic E-state index is 13.2. The second kappa shape index (κ2) is 5.21. The van der Waals surface area contributed by atoms with Gasteiger partial charge in [0.15, 0.2) is 11.5 Å². The van der Waals surface area contributed by atoms with Crippen LogP contribution in [0.4, 0.5) is 16.0 Å². The zero-order valence-electron chi connectivity index (χ0n) is 11.8. The number of rotatable bonds is 2. The highest BCUT2D eigenvalue weighted by Crippen LogP contribution is 2.22. The number of piperazine rings is 1. The Balaban J connectivity index is 1.53. The van der Waals surface area contributed by atoms with Gasteiger partial charge in [-0.25, -0.2) is 19.9 Å². The van der Waals surface area contributed by atoms with E-state index < -0.39 is 5.95 Å². The summed E-state index contributed by atoms with van der Waals surface area (Å²) in [5.41, 5.74) is 1.51. The number of fused-ring (bicyclic) bond motifs is 1. The number of H-pyrrole nitrogens is 1. The van der Waals surface area contributed by atoms with E-state index in [2.05, 4.69) is 34.7 Å². The number of halogens is 1. The first kappa shape index (κ1) is 12.9. The molecule has 112 valence electrons. The van der Waals surface area contributed by atoms with Gasteiger partial charge in [0.25, 0.3) is 0 Å². The molecule has 8 heteroatoms. The molecule has 1 aliphatic rings. The molecular weight excluding hydrogens is 285 g/mol. The van der Waals surface area contributed by atoms with Crippen LogP contribution in [-0.2, 0) is 0 Å². The average molecular weight is 299 g/mol. The Bertz CT molecular complexity index is 794. The molecule has 22 heavy (non-hydrogen) atoms. The van der Waals surface area contributed by atoms with Gasteiger partial charge >= 0.3 is 0 Å². The van der Waals surface area contributed by atoms with Gasteiger partial charge in [0.1, 0.15) is 17.7 Å². The number of hydrogen-bond acceptors (Lipinski definition) is 6. The lowest BCUT2D eigenvalue weighted by Crippen LogP contribution is -2.47. The summed E-state index contributed by atoms with van der Waals surface area (Å²) in [6, 6.07) is 4.87. The molecule has 3 aromatic rings. The van der Waals surface area contributed by atoms with Crippen LogP contribution in [-0.4, -0.2) is 51.1 Å². The number of imidazole rings is 1. The van der Waals surface area contributed by atoms with Gasteiger partial charge in [-0.3, -0.25) is 0 Å². The van der Waals surface area contributed by atoms with E-state index in [9.17, 15) is 4.39 Å². The second-order valence-corrected chi connectivity index (χ2v) is 5.09. The van der Waals surface area contributed by atoms with Gasteiger partial charge in [-0.1, -0.05) is 6.07 Å². The first-order valence-corrected chi connectivity index (χ1v) is 7.08. The summed E-state index contributed by atoms with van der Waals surface area (Å²) in [5.74, 6) is 1.08. The quantitative estimate of drug-likeness (QED) is 0.717. The summed E-state index contributed by atoms with van der Waals surface area (Å²) < 4.78 is 13.2. The second-order valence-electron chi connectivity index (χ2n) is 5.09. The van der Waals surface area contributed by atoms with Crippen molar-refractivity contribution in [3.8, 4) is 0 Å². The number of aromatic amines is 1. The van der Waals surface area contributed by atoms with Gasteiger partial charge in [-0.2, -0.15) is 4.39 Å². The van der Waals surface area contributed by atoms with E-state index >= 15 is 0 Å². The number of pyridine rings is 1. The maximum absolute atomic E-state index is 13.2. The van der Waals surface area contributed by atoms with Crippen molar-refractivity contribution in [3.63, 3.8) is 0 Å². The molecule has 0 aliphatic carbocycles. The molecule has 1 aliphatic heterocycles. The van der Waals surface area contributed by atoms with Crippen LogP contribution in [0.2, 0.25) is 0 Å². The number of nitrogens with one attached hydrogen (secondary N) is 1. The minimum Gasteiger partial charge on any atom is -0.353 e. The largest absolute Gasteiger partial charge is 0.353 e. The van der Waals surface area contributed by atoms with Crippen LogP contribution in [0.5, 0.6) is 0 Å². The van der Waals surface area contributed by atoms with Crippen LogP contribution in [0.1, 0.15) is 0 Å². The topological polar surface area (TPSA) is 73.8 Å². The molecular formula is C14H14FN7. The van der Waals surface area contributed by atoms with Gasteiger partial charge in [-0.15, -0.1) is 0 Å². The van der Waals surface area contributed by atoms with E-state index in [-0.39, 0.29) is 0 Å². The van der Waals surface area contributed by atoms with Crippen LogP contribution >= 0.6 is 0 Å². The first-order chi connectivity index (χ1) is 10.8. The molecule has 4 heterocycles. The van der Waals surface area contributed by atoms with Crippen molar-refractivity contribution in [1.29, 1.82) is 0 Å². The molecule has 0 spiro atoms. The molecule has 7 nitrogen and oxygen atoms in total. The van der Waals surface area contributed by atoms with E-state index in [0.717, 1.165) is 37.5 Å². The summed E-state index contributed by atoms with van der Waals surface area (Å²) in [7, 11) is 0. The highest BCUT2D eigenvalue weighted by Gasteiger charge is 2.21. The van der Waals surface area contributed by atoms with Gasteiger partial charge < -0.3 is 14.8 Å². The normalized spacial score (nSPS) is 15.5. The Morgan fingerprint density at radius 2 is 1.82 bits per heavy atom. The molecule has 1 N–H and O–H groups in total. The van der Waals surface area contributed by atoms with Crippen LogP contribution in [0.25, 0.3) is 11.2 Å². The number of nitrogens with zero attached hydrogens (tertiary/aromatic N) is 6. The van der Waals surface area contributed by atoms with Crippen molar-refractivity contribution in [2.75, 3.05) is 36.0 Å². The lowest BCUT2D eigenvalue weighted by Gasteiger charge is -2.36. The third-order valence-electron chi connectivity index (χ3n) is 3.81. The molecule has 0 saturated carbocycles. The molecule has 3 aromatic heterocycles. The van der Waals surface area contributed by atoms with Crippen molar-refractivity contribution in [3.05, 3.63) is 36.8 Å². The van der Waals surface area contributed by atoms with Crippen LogP contribution in [0.3, 0.4) is 0 Å². The fourth-order valence-corrected chi connectivity index (χ4v) is 2.71. The van der Waals surface area contributed by atoms with E-state index in [0.29, 0.717) is 11.5 Å². The predicted octanol–water partition coefficient (Wildman–Crippen LogP) is 1.21. The highest BCUT2D eigenvalue weighted by atomic mass is 19.1. The number of aromatic nitrogens is 5. The summed E-state index contributed by atoms with van der Waals surface area (Å²) >= 11 is 0. The van der Waals surface area contributed by atoms with Crippen LogP contribution in [0.15, 0.2) is 30.9 Å². The molecule has 0 unspecified atom stereocenters. The Labute approximate surface area is 125 Å². The lowest BCUT2D eigenvalue weighted by atomic mass is 10.3. The number of anilines is 2. The zero-order chi connectivity index (χ0) is 14.9. The van der Waals surface area contributed by atoms with Gasteiger partial charge in [0.05, 0.1) is 6.33 Å². The highest BCUT2D eigenvalue weighted by molar-refractivity contribution is 5.82. The number of hydrogen-bond donors (Lipinski definition) is 1. The van der Waals surface area contributed by atoms with Gasteiger partial charge in [0, 0.05) is 26.2 Å². The molecule has 0 radical (unpaired) electrons. The molecule has 1 fully saturated rings. The summed E-state index contributed by atoms with van der Waals surface area (Å²) in [6.45, 7) is 3.08. The van der Waals surface area contributed by atoms with Crippen molar-refractivity contribution in [1.82, 2.24) is 24.9 Å². The monoisotopic (exact) mass is 299 g/mol. The predicted molar refractivity (Wildman–Crippen MR) is 80.3 cm³/mol. The minimum absolute atomic E-state index is 0.449. The fourth-order valence-electron chi connectivity index (χ4n) is 2.71. The molecule has 0 atom stereocenters. The summed E-state index contributed by atoms with van der Waals surface area (Å²) in [5, 5.41) is 0. The smallest absolute Gasteiger partial charge is 0.214 e. The standard InChI is InChI=1S/C14H14FN7/c15-10-2-1-3-11(20-10)21-4-6-22(7-5-21)14-12-13(17-8-16-12)18-9-19-14/h1-3,8-9H,4-7H2,(H,16,17,18,19). The molecule has 0 amide bonds. The summed E-state index contributed by atoms with van der Waals surface area (Å²) in [6.07, 6.45) is 3.15. The summed E-state index contributed by atoms with van der Waals surface area (Å²) in [4.78, 5) is 23.9. The van der Waals surface area contributed by atoms with Crippen molar-refractivity contribution < 1.29 is 4.39 Å². The maximum Gasteiger partial charge on any atom is 0.214 e. The Kier molecular flexibility index (Phi) is 3.06. The van der Waals surface area contributed by atoms with Gasteiger partial charge in [0.2, 0.25) is 5.95 Å². The minimum atomic E-state index is -0.449. The van der Waals surface area contributed by atoms with Gasteiger partial charge in [-0.05, 0) is 12.1 Å². The molecule has 0 aromatic carbocycles. The first-order valence-electron chi connectivity index (χ1n) is 7.08.